The Kier molecular flexibility index (Phi) is 5.13. The molecule has 0 aromatic heterocycles. The Morgan fingerprint density at radius 1 is 1.22 bits per heavy atom. The highest BCUT2D eigenvalue weighted by atomic mass is 79.9. The molecule has 3 nitrogen and oxygen atoms in total. The van der Waals surface area contributed by atoms with Gasteiger partial charge in [-0.1, -0.05) is 58.4 Å². The van der Waals surface area contributed by atoms with Gasteiger partial charge in [-0.2, -0.15) is 0 Å². The van der Waals surface area contributed by atoms with Crippen LogP contribution in [0.15, 0.2) is 59.1 Å². The van der Waals surface area contributed by atoms with E-state index < -0.39 is 0 Å². The third kappa shape index (κ3) is 3.65. The molecule has 0 radical (unpaired) electrons. The molecule has 23 heavy (non-hydrogen) atoms. The van der Waals surface area contributed by atoms with Crippen LogP contribution in [0.25, 0.3) is 0 Å². The molecule has 4 heteroatoms. The lowest BCUT2D eigenvalue weighted by molar-refractivity contribution is -0.145. The minimum absolute atomic E-state index is 0.111. The van der Waals surface area contributed by atoms with Crippen molar-refractivity contribution in [3.8, 4) is 0 Å². The zero-order valence-corrected chi connectivity index (χ0v) is 14.6. The van der Waals surface area contributed by atoms with Crippen molar-refractivity contribution in [3.63, 3.8) is 0 Å². The van der Waals surface area contributed by atoms with E-state index in [0.717, 1.165) is 10.9 Å². The van der Waals surface area contributed by atoms with Crippen LogP contribution in [0.1, 0.15) is 17.0 Å². The summed E-state index contributed by atoms with van der Waals surface area (Å²) in [4.78, 5) is 12.2. The van der Waals surface area contributed by atoms with Gasteiger partial charge in [0.05, 0.1) is 13.0 Å². The number of benzene rings is 2. The van der Waals surface area contributed by atoms with E-state index in [2.05, 4.69) is 57.6 Å². The molecule has 3 atom stereocenters. The van der Waals surface area contributed by atoms with Crippen molar-refractivity contribution < 1.29 is 9.53 Å². The third-order valence-electron chi connectivity index (χ3n) is 4.50. The number of hydrogen-bond acceptors (Lipinski definition) is 3. The summed E-state index contributed by atoms with van der Waals surface area (Å²) in [6.07, 6.45) is 0.894. The summed E-state index contributed by atoms with van der Waals surface area (Å²) in [6, 6.07) is 18.8. The Morgan fingerprint density at radius 2 is 2.00 bits per heavy atom. The van der Waals surface area contributed by atoms with E-state index in [0.29, 0.717) is 6.54 Å². The molecule has 0 amide bonds. The summed E-state index contributed by atoms with van der Waals surface area (Å²) >= 11 is 3.53. The Bertz CT molecular complexity index is 674. The first-order valence-electron chi connectivity index (χ1n) is 7.79. The molecule has 2 aromatic rings. The zero-order chi connectivity index (χ0) is 16.2. The van der Waals surface area contributed by atoms with E-state index in [-0.39, 0.29) is 23.8 Å². The maximum absolute atomic E-state index is 12.2. The monoisotopic (exact) mass is 373 g/mol. The van der Waals surface area contributed by atoms with Gasteiger partial charge in [-0.25, -0.2) is 0 Å². The Balaban J connectivity index is 1.90. The maximum Gasteiger partial charge on any atom is 0.310 e. The quantitative estimate of drug-likeness (QED) is 0.833. The molecule has 1 fully saturated rings. The van der Waals surface area contributed by atoms with Crippen molar-refractivity contribution in [1.82, 2.24) is 5.32 Å². The van der Waals surface area contributed by atoms with Gasteiger partial charge < -0.3 is 10.1 Å². The molecule has 0 spiro atoms. The van der Waals surface area contributed by atoms with Gasteiger partial charge in [0.1, 0.15) is 0 Å². The average molecular weight is 374 g/mol. The molecule has 1 saturated heterocycles. The van der Waals surface area contributed by atoms with Crippen LogP contribution in [0, 0.1) is 5.92 Å². The third-order valence-corrected chi connectivity index (χ3v) is 5.00. The molecule has 0 aliphatic carbocycles. The van der Waals surface area contributed by atoms with Gasteiger partial charge in [-0.3, -0.25) is 4.79 Å². The number of carbonyl (C=O) groups excluding carboxylic acids is 1. The summed E-state index contributed by atoms with van der Waals surface area (Å²) in [5, 5.41) is 3.52. The fraction of sp³-hybridized carbons (Fsp3) is 0.316. The predicted octanol–water partition coefficient (Wildman–Crippen LogP) is 3.54. The SMILES string of the molecule is COC(=O)C1CNC(Cc2ccccc2)C1c1cccc(Br)c1. The van der Waals surface area contributed by atoms with E-state index in [1.165, 1.54) is 18.2 Å². The highest BCUT2D eigenvalue weighted by molar-refractivity contribution is 9.10. The van der Waals surface area contributed by atoms with Crippen LogP contribution in [0.3, 0.4) is 0 Å². The van der Waals surface area contributed by atoms with Gasteiger partial charge in [0, 0.05) is 23.0 Å². The van der Waals surface area contributed by atoms with Crippen LogP contribution in [0.4, 0.5) is 0 Å². The second kappa shape index (κ2) is 7.28. The summed E-state index contributed by atoms with van der Waals surface area (Å²) in [6.45, 7) is 0.654. The number of hydrogen-bond donors (Lipinski definition) is 1. The minimum Gasteiger partial charge on any atom is -0.469 e. The molecule has 120 valence electrons. The first kappa shape index (κ1) is 16.2. The van der Waals surface area contributed by atoms with Crippen LogP contribution in [0.2, 0.25) is 0 Å². The average Bonchev–Trinajstić information content (AvgIpc) is 2.98. The first-order chi connectivity index (χ1) is 11.2. The Hall–Kier alpha value is -1.65. The summed E-state index contributed by atoms with van der Waals surface area (Å²) < 4.78 is 6.06. The summed E-state index contributed by atoms with van der Waals surface area (Å²) in [7, 11) is 1.46. The molecule has 0 bridgehead atoms. The van der Waals surface area contributed by atoms with E-state index >= 15 is 0 Å². The van der Waals surface area contributed by atoms with Gasteiger partial charge in [0.2, 0.25) is 0 Å². The molecule has 1 N–H and O–H groups in total. The fourth-order valence-corrected chi connectivity index (χ4v) is 3.86. The Labute approximate surface area is 145 Å². The molecule has 1 aliphatic rings. The zero-order valence-electron chi connectivity index (χ0n) is 13.0. The van der Waals surface area contributed by atoms with Crippen molar-refractivity contribution in [2.24, 2.45) is 5.92 Å². The van der Waals surface area contributed by atoms with E-state index in [9.17, 15) is 4.79 Å². The van der Waals surface area contributed by atoms with Crippen LogP contribution in [-0.2, 0) is 16.0 Å². The highest BCUT2D eigenvalue weighted by Crippen LogP contribution is 2.36. The van der Waals surface area contributed by atoms with Gasteiger partial charge >= 0.3 is 5.97 Å². The highest BCUT2D eigenvalue weighted by Gasteiger charge is 2.41. The number of methoxy groups -OCH3 is 1. The fourth-order valence-electron chi connectivity index (χ4n) is 3.44. The second-order valence-electron chi connectivity index (χ2n) is 5.91. The maximum atomic E-state index is 12.2. The number of nitrogens with one attached hydrogen (secondary N) is 1. The molecule has 1 aliphatic heterocycles. The number of ether oxygens (including phenoxy) is 1. The van der Waals surface area contributed by atoms with Crippen molar-refractivity contribution in [3.05, 3.63) is 70.2 Å². The van der Waals surface area contributed by atoms with E-state index in [4.69, 9.17) is 4.74 Å². The smallest absolute Gasteiger partial charge is 0.310 e. The van der Waals surface area contributed by atoms with Crippen molar-refractivity contribution in [2.45, 2.75) is 18.4 Å². The lowest BCUT2D eigenvalue weighted by Crippen LogP contribution is -2.29. The van der Waals surface area contributed by atoms with Crippen LogP contribution in [-0.4, -0.2) is 25.7 Å². The second-order valence-corrected chi connectivity index (χ2v) is 6.83. The predicted molar refractivity (Wildman–Crippen MR) is 94.3 cm³/mol. The molecule has 0 saturated carbocycles. The summed E-state index contributed by atoms with van der Waals surface area (Å²) in [5.74, 6) is -0.179. The van der Waals surface area contributed by atoms with E-state index in [1.54, 1.807) is 0 Å². The van der Waals surface area contributed by atoms with Gasteiger partial charge in [-0.15, -0.1) is 0 Å². The number of carbonyl (C=O) groups is 1. The molecule has 3 unspecified atom stereocenters. The molecular weight excluding hydrogens is 354 g/mol. The first-order valence-corrected chi connectivity index (χ1v) is 8.59. The van der Waals surface area contributed by atoms with Crippen molar-refractivity contribution in [1.29, 1.82) is 0 Å². The topological polar surface area (TPSA) is 38.3 Å². The standard InChI is InChI=1S/C19H20BrNO2/c1-23-19(22)16-12-21-17(10-13-6-3-2-4-7-13)18(16)14-8-5-9-15(20)11-14/h2-9,11,16-18,21H,10,12H2,1H3. The molecule has 2 aromatic carbocycles. The van der Waals surface area contributed by atoms with Gasteiger partial charge in [0.15, 0.2) is 0 Å². The number of esters is 1. The van der Waals surface area contributed by atoms with E-state index in [1.807, 2.05) is 18.2 Å². The molecule has 3 rings (SSSR count). The van der Waals surface area contributed by atoms with Crippen LogP contribution < -0.4 is 5.32 Å². The molecular formula is C19H20BrNO2. The normalized spacial score (nSPS) is 23.7. The molecule has 1 heterocycles. The van der Waals surface area contributed by atoms with Gasteiger partial charge in [0.25, 0.3) is 0 Å². The van der Waals surface area contributed by atoms with Crippen molar-refractivity contribution >= 4 is 21.9 Å². The van der Waals surface area contributed by atoms with Gasteiger partial charge in [-0.05, 0) is 29.7 Å². The number of halogens is 1. The Morgan fingerprint density at radius 3 is 2.70 bits per heavy atom. The van der Waals surface area contributed by atoms with Crippen molar-refractivity contribution in [2.75, 3.05) is 13.7 Å². The van der Waals surface area contributed by atoms with Crippen LogP contribution in [0.5, 0.6) is 0 Å². The lowest BCUT2D eigenvalue weighted by Gasteiger charge is -2.24. The summed E-state index contributed by atoms with van der Waals surface area (Å²) in [5.41, 5.74) is 2.44. The van der Waals surface area contributed by atoms with Crippen LogP contribution >= 0.6 is 15.9 Å². The lowest BCUT2D eigenvalue weighted by atomic mass is 9.82. The number of rotatable bonds is 4. The largest absolute Gasteiger partial charge is 0.469 e. The minimum atomic E-state index is -0.150.